The van der Waals surface area contributed by atoms with Gasteiger partial charge in [-0.05, 0) is 37.1 Å². The molecule has 0 radical (unpaired) electrons. The number of carbonyl (C=O) groups is 2. The number of benzene rings is 1. The quantitative estimate of drug-likeness (QED) is 0.767. The molecule has 2 amide bonds. The van der Waals surface area contributed by atoms with E-state index in [9.17, 15) is 14.0 Å². The molecule has 0 bridgehead atoms. The Morgan fingerprint density at radius 2 is 2.11 bits per heavy atom. The minimum atomic E-state index is -1.08. The third kappa shape index (κ3) is 4.57. The average molecular weight is 268 g/mol. The molecule has 1 rings (SSSR count). The number of nitrogens with one attached hydrogen (secondary N) is 2. The zero-order valence-electron chi connectivity index (χ0n) is 10.9. The van der Waals surface area contributed by atoms with Gasteiger partial charge < -0.3 is 15.7 Å². The van der Waals surface area contributed by atoms with E-state index in [1.165, 1.54) is 18.2 Å². The van der Waals surface area contributed by atoms with E-state index in [0.29, 0.717) is 24.1 Å². The summed E-state index contributed by atoms with van der Waals surface area (Å²) in [6.45, 7) is 3.49. The number of anilines is 1. The molecular formula is C13H17FN2O3. The molecule has 0 heterocycles. The van der Waals surface area contributed by atoms with Crippen molar-refractivity contribution >= 4 is 17.7 Å². The molecule has 5 nitrogen and oxygen atoms in total. The number of carboxylic acid groups (broad SMARTS) is 1. The highest BCUT2D eigenvalue weighted by Gasteiger charge is 2.18. The molecule has 0 fully saturated rings. The number of hydrogen-bond donors (Lipinski definition) is 3. The van der Waals surface area contributed by atoms with E-state index in [0.717, 1.165) is 0 Å². The van der Waals surface area contributed by atoms with Gasteiger partial charge in [0.2, 0.25) is 0 Å². The zero-order valence-corrected chi connectivity index (χ0v) is 10.9. The van der Waals surface area contributed by atoms with Crippen LogP contribution in [0.4, 0.5) is 14.9 Å². The number of amides is 2. The van der Waals surface area contributed by atoms with Crippen molar-refractivity contribution in [1.82, 2.24) is 5.32 Å². The Morgan fingerprint density at radius 1 is 1.42 bits per heavy atom. The van der Waals surface area contributed by atoms with Crippen LogP contribution in [0.3, 0.4) is 0 Å². The molecule has 0 saturated heterocycles. The molecule has 0 aliphatic rings. The topological polar surface area (TPSA) is 78.4 Å². The fraction of sp³-hybridized carbons (Fsp3) is 0.385. The summed E-state index contributed by atoms with van der Waals surface area (Å²) in [5, 5.41) is 13.8. The number of hydrogen-bond acceptors (Lipinski definition) is 2. The largest absolute Gasteiger partial charge is 0.480 e. The van der Waals surface area contributed by atoms with Gasteiger partial charge in [0.1, 0.15) is 11.9 Å². The number of halogens is 1. The van der Waals surface area contributed by atoms with E-state index < -0.39 is 23.9 Å². The molecule has 1 atom stereocenters. The minimum Gasteiger partial charge on any atom is -0.480 e. The van der Waals surface area contributed by atoms with Crippen molar-refractivity contribution < 1.29 is 19.1 Å². The van der Waals surface area contributed by atoms with Crippen LogP contribution < -0.4 is 10.6 Å². The number of urea groups is 1. The molecule has 1 unspecified atom stereocenters. The van der Waals surface area contributed by atoms with Crippen molar-refractivity contribution in [3.63, 3.8) is 0 Å². The Bertz CT molecular complexity index is 477. The van der Waals surface area contributed by atoms with E-state index >= 15 is 0 Å². The fourth-order valence-electron chi connectivity index (χ4n) is 1.63. The standard InChI is InChI=1S/C13H17FN2O3/c1-3-4-11(12(17)18)16-13(19)15-10-6-5-9(14)7-8(10)2/h5-7,11H,3-4H2,1-2H3,(H,17,18)(H2,15,16,19). The van der Waals surface area contributed by atoms with Crippen molar-refractivity contribution in [2.45, 2.75) is 32.7 Å². The fourth-order valence-corrected chi connectivity index (χ4v) is 1.63. The molecule has 0 aromatic heterocycles. The van der Waals surface area contributed by atoms with Crippen LogP contribution in [0.2, 0.25) is 0 Å². The first-order valence-electron chi connectivity index (χ1n) is 6.00. The molecular weight excluding hydrogens is 251 g/mol. The summed E-state index contributed by atoms with van der Waals surface area (Å²) in [5.74, 6) is -1.47. The van der Waals surface area contributed by atoms with E-state index in [1.54, 1.807) is 6.92 Å². The average Bonchev–Trinajstić information content (AvgIpc) is 2.32. The summed E-state index contributed by atoms with van der Waals surface area (Å²) in [7, 11) is 0. The lowest BCUT2D eigenvalue weighted by Gasteiger charge is -2.15. The maximum atomic E-state index is 12.9. The number of aliphatic carboxylic acids is 1. The highest BCUT2D eigenvalue weighted by Crippen LogP contribution is 2.15. The summed E-state index contributed by atoms with van der Waals surface area (Å²) in [6.07, 6.45) is 0.998. The molecule has 0 spiro atoms. The molecule has 6 heteroatoms. The normalized spacial score (nSPS) is 11.7. The van der Waals surface area contributed by atoms with Crippen molar-refractivity contribution in [3.8, 4) is 0 Å². The van der Waals surface area contributed by atoms with Gasteiger partial charge in [-0.2, -0.15) is 0 Å². The highest BCUT2D eigenvalue weighted by atomic mass is 19.1. The Morgan fingerprint density at radius 3 is 2.63 bits per heavy atom. The summed E-state index contributed by atoms with van der Waals surface area (Å²) in [5.41, 5.74) is 1.01. The molecule has 19 heavy (non-hydrogen) atoms. The zero-order chi connectivity index (χ0) is 14.4. The van der Waals surface area contributed by atoms with Crippen molar-refractivity contribution in [3.05, 3.63) is 29.6 Å². The van der Waals surface area contributed by atoms with Crippen LogP contribution in [0.1, 0.15) is 25.3 Å². The molecule has 0 saturated carbocycles. The lowest BCUT2D eigenvalue weighted by Crippen LogP contribution is -2.42. The van der Waals surface area contributed by atoms with E-state index in [-0.39, 0.29) is 0 Å². The van der Waals surface area contributed by atoms with Crippen molar-refractivity contribution in [2.75, 3.05) is 5.32 Å². The predicted octanol–water partition coefficient (Wildman–Crippen LogP) is 2.51. The van der Waals surface area contributed by atoms with Crippen LogP contribution in [0.25, 0.3) is 0 Å². The Hall–Kier alpha value is -2.11. The maximum absolute atomic E-state index is 12.9. The van der Waals surface area contributed by atoms with Crippen LogP contribution in [0.5, 0.6) is 0 Å². The second kappa shape index (κ2) is 6.72. The first-order chi connectivity index (χ1) is 8.93. The molecule has 0 aliphatic carbocycles. The van der Waals surface area contributed by atoms with Crippen LogP contribution in [0, 0.1) is 12.7 Å². The van der Waals surface area contributed by atoms with Gasteiger partial charge in [0, 0.05) is 5.69 Å². The summed E-state index contributed by atoms with van der Waals surface area (Å²) >= 11 is 0. The smallest absolute Gasteiger partial charge is 0.326 e. The number of carboxylic acids is 1. The van der Waals surface area contributed by atoms with Gasteiger partial charge in [-0.1, -0.05) is 13.3 Å². The Kier molecular flexibility index (Phi) is 5.29. The van der Waals surface area contributed by atoms with Gasteiger partial charge in [-0.25, -0.2) is 14.0 Å². The monoisotopic (exact) mass is 268 g/mol. The van der Waals surface area contributed by atoms with Gasteiger partial charge in [-0.15, -0.1) is 0 Å². The molecule has 104 valence electrons. The molecule has 3 N–H and O–H groups in total. The molecule has 1 aromatic carbocycles. The van der Waals surface area contributed by atoms with Crippen molar-refractivity contribution in [2.24, 2.45) is 0 Å². The second-order valence-electron chi connectivity index (χ2n) is 4.24. The van der Waals surface area contributed by atoms with Gasteiger partial charge in [-0.3, -0.25) is 0 Å². The van der Waals surface area contributed by atoms with E-state index in [2.05, 4.69) is 10.6 Å². The van der Waals surface area contributed by atoms with Crippen LogP contribution in [-0.2, 0) is 4.79 Å². The Labute approximate surface area is 110 Å². The lowest BCUT2D eigenvalue weighted by atomic mass is 10.1. The first kappa shape index (κ1) is 14.9. The SMILES string of the molecule is CCCC(NC(=O)Nc1ccc(F)cc1C)C(=O)O. The van der Waals surface area contributed by atoms with Crippen LogP contribution >= 0.6 is 0 Å². The summed E-state index contributed by atoms with van der Waals surface area (Å²) in [4.78, 5) is 22.6. The van der Waals surface area contributed by atoms with Gasteiger partial charge in [0.05, 0.1) is 0 Å². The number of rotatable bonds is 5. The third-order valence-corrected chi connectivity index (χ3v) is 2.62. The first-order valence-corrected chi connectivity index (χ1v) is 6.00. The maximum Gasteiger partial charge on any atom is 0.326 e. The molecule has 1 aromatic rings. The van der Waals surface area contributed by atoms with E-state index in [1.807, 2.05) is 6.92 Å². The lowest BCUT2D eigenvalue weighted by molar-refractivity contribution is -0.139. The van der Waals surface area contributed by atoms with E-state index in [4.69, 9.17) is 5.11 Å². The highest BCUT2D eigenvalue weighted by molar-refractivity contribution is 5.92. The van der Waals surface area contributed by atoms with Crippen LogP contribution in [-0.4, -0.2) is 23.1 Å². The minimum absolute atomic E-state index is 0.352. The van der Waals surface area contributed by atoms with Crippen LogP contribution in [0.15, 0.2) is 18.2 Å². The number of aryl methyl sites for hydroxylation is 1. The van der Waals surface area contributed by atoms with Gasteiger partial charge in [0.25, 0.3) is 0 Å². The molecule has 0 aliphatic heterocycles. The summed E-state index contributed by atoms with van der Waals surface area (Å²) in [6, 6.07) is 2.40. The van der Waals surface area contributed by atoms with Gasteiger partial charge in [0.15, 0.2) is 0 Å². The third-order valence-electron chi connectivity index (χ3n) is 2.62. The number of carbonyl (C=O) groups excluding carboxylic acids is 1. The second-order valence-corrected chi connectivity index (χ2v) is 4.24. The van der Waals surface area contributed by atoms with Crippen molar-refractivity contribution in [1.29, 1.82) is 0 Å². The Balaban J connectivity index is 2.66. The predicted molar refractivity (Wildman–Crippen MR) is 69.6 cm³/mol. The van der Waals surface area contributed by atoms with Gasteiger partial charge >= 0.3 is 12.0 Å². The summed E-state index contributed by atoms with van der Waals surface area (Å²) < 4.78 is 12.9.